The number of carbonyl (C=O) groups excluding carboxylic acids is 1. The lowest BCUT2D eigenvalue weighted by molar-refractivity contribution is 0.0981. The standard InChI is InChI=1S/C22H19NO/c1-16-15-20-9-5-6-10-21(20)23(16)22(24)19-13-11-18(12-14-19)17-7-3-2-4-8-17/h2-14,16H,15H2,1H3. The lowest BCUT2D eigenvalue weighted by Crippen LogP contribution is -2.35. The van der Waals surface area contributed by atoms with Crippen molar-refractivity contribution in [1.29, 1.82) is 0 Å². The number of para-hydroxylation sites is 1. The number of hydrogen-bond acceptors (Lipinski definition) is 1. The number of hydrogen-bond donors (Lipinski definition) is 0. The Morgan fingerprint density at radius 3 is 2.21 bits per heavy atom. The summed E-state index contributed by atoms with van der Waals surface area (Å²) in [7, 11) is 0. The van der Waals surface area contributed by atoms with Gasteiger partial charge < -0.3 is 4.90 Å². The van der Waals surface area contributed by atoms with Crippen LogP contribution in [0.25, 0.3) is 11.1 Å². The highest BCUT2D eigenvalue weighted by atomic mass is 16.2. The van der Waals surface area contributed by atoms with Crippen LogP contribution in [0.1, 0.15) is 22.8 Å². The van der Waals surface area contributed by atoms with Crippen LogP contribution in [0.4, 0.5) is 5.69 Å². The van der Waals surface area contributed by atoms with Gasteiger partial charge in [-0.1, -0.05) is 60.7 Å². The monoisotopic (exact) mass is 313 g/mol. The summed E-state index contributed by atoms with van der Waals surface area (Å²) in [6.07, 6.45) is 0.921. The second kappa shape index (κ2) is 5.97. The number of fused-ring (bicyclic) bond motifs is 1. The van der Waals surface area contributed by atoms with Gasteiger partial charge in [-0.25, -0.2) is 0 Å². The predicted molar refractivity (Wildman–Crippen MR) is 98.3 cm³/mol. The van der Waals surface area contributed by atoms with E-state index in [0.717, 1.165) is 28.8 Å². The van der Waals surface area contributed by atoms with Crippen molar-refractivity contribution in [2.45, 2.75) is 19.4 Å². The fraction of sp³-hybridized carbons (Fsp3) is 0.136. The number of benzene rings is 3. The van der Waals surface area contributed by atoms with Gasteiger partial charge >= 0.3 is 0 Å². The highest BCUT2D eigenvalue weighted by Crippen LogP contribution is 2.33. The second-order valence-corrected chi connectivity index (χ2v) is 6.30. The lowest BCUT2D eigenvalue weighted by Gasteiger charge is -2.23. The molecule has 1 atom stereocenters. The van der Waals surface area contributed by atoms with Crippen LogP contribution >= 0.6 is 0 Å². The molecule has 118 valence electrons. The van der Waals surface area contributed by atoms with Crippen molar-refractivity contribution in [1.82, 2.24) is 0 Å². The zero-order valence-corrected chi connectivity index (χ0v) is 13.6. The molecule has 0 fully saturated rings. The Balaban J connectivity index is 1.64. The predicted octanol–water partition coefficient (Wildman–Crippen LogP) is 4.95. The first-order valence-corrected chi connectivity index (χ1v) is 8.31. The summed E-state index contributed by atoms with van der Waals surface area (Å²) in [6, 6.07) is 26.5. The number of rotatable bonds is 2. The van der Waals surface area contributed by atoms with Crippen LogP contribution in [0, 0.1) is 0 Å². The summed E-state index contributed by atoms with van der Waals surface area (Å²) in [6.45, 7) is 2.11. The molecule has 0 aliphatic carbocycles. The molecule has 0 saturated heterocycles. The zero-order valence-electron chi connectivity index (χ0n) is 13.6. The van der Waals surface area contributed by atoms with Crippen molar-refractivity contribution >= 4 is 11.6 Å². The molecular formula is C22H19NO. The van der Waals surface area contributed by atoms with Gasteiger partial charge in [-0.3, -0.25) is 4.79 Å². The lowest BCUT2D eigenvalue weighted by atomic mass is 10.0. The Kier molecular flexibility index (Phi) is 3.66. The van der Waals surface area contributed by atoms with E-state index in [9.17, 15) is 4.79 Å². The van der Waals surface area contributed by atoms with Crippen LogP contribution in [-0.4, -0.2) is 11.9 Å². The Morgan fingerprint density at radius 2 is 1.46 bits per heavy atom. The van der Waals surface area contributed by atoms with E-state index in [-0.39, 0.29) is 11.9 Å². The maximum absolute atomic E-state index is 13.0. The Bertz CT molecular complexity index is 868. The quantitative estimate of drug-likeness (QED) is 0.656. The van der Waals surface area contributed by atoms with Gasteiger partial charge in [-0.15, -0.1) is 0 Å². The number of nitrogens with zero attached hydrogens (tertiary/aromatic N) is 1. The normalized spacial score (nSPS) is 16.0. The van der Waals surface area contributed by atoms with Crippen LogP contribution in [0.3, 0.4) is 0 Å². The first-order chi connectivity index (χ1) is 11.7. The number of carbonyl (C=O) groups is 1. The minimum atomic E-state index is 0.0760. The summed E-state index contributed by atoms with van der Waals surface area (Å²) in [5.74, 6) is 0.0760. The summed E-state index contributed by atoms with van der Waals surface area (Å²) >= 11 is 0. The Morgan fingerprint density at radius 1 is 0.833 bits per heavy atom. The van der Waals surface area contributed by atoms with E-state index in [2.05, 4.69) is 25.1 Å². The molecule has 0 bridgehead atoms. The van der Waals surface area contributed by atoms with E-state index in [1.54, 1.807) is 0 Å². The van der Waals surface area contributed by atoms with Crippen molar-refractivity contribution in [2.24, 2.45) is 0 Å². The smallest absolute Gasteiger partial charge is 0.258 e. The average Bonchev–Trinajstić information content (AvgIpc) is 2.98. The molecule has 1 aliphatic heterocycles. The molecule has 1 unspecified atom stereocenters. The van der Waals surface area contributed by atoms with E-state index in [1.807, 2.05) is 65.6 Å². The van der Waals surface area contributed by atoms with E-state index in [0.29, 0.717) is 0 Å². The molecule has 0 N–H and O–H groups in total. The number of amides is 1. The van der Waals surface area contributed by atoms with Gasteiger partial charge in [-0.05, 0) is 48.2 Å². The van der Waals surface area contributed by atoms with E-state index < -0.39 is 0 Å². The van der Waals surface area contributed by atoms with Crippen LogP contribution in [-0.2, 0) is 6.42 Å². The molecule has 2 nitrogen and oxygen atoms in total. The molecular weight excluding hydrogens is 294 g/mol. The molecule has 2 heteroatoms. The van der Waals surface area contributed by atoms with Crippen LogP contribution < -0.4 is 4.90 Å². The van der Waals surface area contributed by atoms with E-state index >= 15 is 0 Å². The minimum absolute atomic E-state index is 0.0760. The fourth-order valence-electron chi connectivity index (χ4n) is 3.45. The largest absolute Gasteiger partial charge is 0.305 e. The molecule has 0 saturated carbocycles. The Labute approximate surface area is 142 Å². The third-order valence-electron chi connectivity index (χ3n) is 4.67. The molecule has 0 radical (unpaired) electrons. The first-order valence-electron chi connectivity index (χ1n) is 8.31. The molecule has 0 aromatic heterocycles. The molecule has 24 heavy (non-hydrogen) atoms. The molecule has 4 rings (SSSR count). The number of anilines is 1. The maximum atomic E-state index is 13.0. The van der Waals surface area contributed by atoms with Crippen molar-refractivity contribution < 1.29 is 4.79 Å². The molecule has 1 amide bonds. The van der Waals surface area contributed by atoms with Crippen molar-refractivity contribution in [2.75, 3.05) is 4.90 Å². The highest BCUT2D eigenvalue weighted by molar-refractivity contribution is 6.08. The highest BCUT2D eigenvalue weighted by Gasteiger charge is 2.31. The molecule has 3 aromatic rings. The van der Waals surface area contributed by atoms with Crippen molar-refractivity contribution in [3.63, 3.8) is 0 Å². The van der Waals surface area contributed by atoms with Gasteiger partial charge in [0.1, 0.15) is 0 Å². The van der Waals surface area contributed by atoms with Crippen LogP contribution in [0.2, 0.25) is 0 Å². The van der Waals surface area contributed by atoms with Gasteiger partial charge in [0.25, 0.3) is 5.91 Å². The average molecular weight is 313 g/mol. The Hall–Kier alpha value is -2.87. The molecule has 1 aliphatic rings. The third kappa shape index (κ3) is 2.50. The summed E-state index contributed by atoms with van der Waals surface area (Å²) in [4.78, 5) is 14.9. The minimum Gasteiger partial charge on any atom is -0.305 e. The fourth-order valence-corrected chi connectivity index (χ4v) is 3.45. The van der Waals surface area contributed by atoms with Gasteiger partial charge in [0.15, 0.2) is 0 Å². The summed E-state index contributed by atoms with van der Waals surface area (Å²) < 4.78 is 0. The van der Waals surface area contributed by atoms with E-state index in [1.165, 1.54) is 5.56 Å². The molecule has 3 aromatic carbocycles. The topological polar surface area (TPSA) is 20.3 Å². The second-order valence-electron chi connectivity index (χ2n) is 6.30. The van der Waals surface area contributed by atoms with Gasteiger partial charge in [0, 0.05) is 17.3 Å². The molecule has 1 heterocycles. The van der Waals surface area contributed by atoms with Crippen molar-refractivity contribution in [3.05, 3.63) is 90.0 Å². The van der Waals surface area contributed by atoms with Crippen molar-refractivity contribution in [3.8, 4) is 11.1 Å². The maximum Gasteiger partial charge on any atom is 0.258 e. The molecule has 0 spiro atoms. The first kappa shape index (κ1) is 14.7. The van der Waals surface area contributed by atoms with Crippen LogP contribution in [0.5, 0.6) is 0 Å². The summed E-state index contributed by atoms with van der Waals surface area (Å²) in [5.41, 5.74) is 5.32. The third-order valence-corrected chi connectivity index (χ3v) is 4.67. The van der Waals surface area contributed by atoms with Crippen LogP contribution in [0.15, 0.2) is 78.9 Å². The SMILES string of the molecule is CC1Cc2ccccc2N1C(=O)c1ccc(-c2ccccc2)cc1. The zero-order chi connectivity index (χ0) is 16.5. The van der Waals surface area contributed by atoms with E-state index in [4.69, 9.17) is 0 Å². The van der Waals surface area contributed by atoms with Gasteiger partial charge in [-0.2, -0.15) is 0 Å². The summed E-state index contributed by atoms with van der Waals surface area (Å²) in [5, 5.41) is 0. The van der Waals surface area contributed by atoms with Gasteiger partial charge in [0.05, 0.1) is 0 Å². The van der Waals surface area contributed by atoms with Gasteiger partial charge in [0.2, 0.25) is 0 Å².